The topological polar surface area (TPSA) is 85.1 Å². The molecule has 1 aliphatic rings. The Balaban J connectivity index is 1.96. The second-order valence-corrected chi connectivity index (χ2v) is 6.15. The number of aryl methyl sites for hydroxylation is 1. The van der Waals surface area contributed by atoms with E-state index < -0.39 is 0 Å². The lowest BCUT2D eigenvalue weighted by molar-refractivity contribution is -0.117. The minimum Gasteiger partial charge on any atom is -0.369 e. The summed E-state index contributed by atoms with van der Waals surface area (Å²) in [4.78, 5) is 26.5. The van der Waals surface area contributed by atoms with Crippen molar-refractivity contribution >= 4 is 40.0 Å². The summed E-state index contributed by atoms with van der Waals surface area (Å²) >= 11 is 2.74. The van der Waals surface area contributed by atoms with Crippen LogP contribution in [0, 0.1) is 12.8 Å². The zero-order valence-electron chi connectivity index (χ0n) is 9.36. The molecular formula is C10H13N3O2S2. The van der Waals surface area contributed by atoms with Gasteiger partial charge in [0.25, 0.3) is 0 Å². The van der Waals surface area contributed by atoms with Crippen molar-refractivity contribution in [1.82, 2.24) is 4.98 Å². The van der Waals surface area contributed by atoms with E-state index in [4.69, 9.17) is 5.73 Å². The standard InChI is InChI=1S/C10H13N3O2S2/c1-5-9(16-4-7(11)14)17-10(12-5)13-8(15)6-2-3-6/h6H,2-4H2,1H3,(H2,11,14)(H,12,13,15). The first-order chi connectivity index (χ1) is 8.06. The molecule has 1 aliphatic carbocycles. The van der Waals surface area contributed by atoms with Gasteiger partial charge >= 0.3 is 0 Å². The first-order valence-corrected chi connectivity index (χ1v) is 7.06. The molecule has 0 bridgehead atoms. The second-order valence-electron chi connectivity index (χ2n) is 3.91. The quantitative estimate of drug-likeness (QED) is 0.792. The van der Waals surface area contributed by atoms with E-state index in [0.29, 0.717) is 5.13 Å². The Morgan fingerprint density at radius 3 is 2.88 bits per heavy atom. The SMILES string of the molecule is Cc1nc(NC(=O)C2CC2)sc1SCC(N)=O. The number of nitrogens with one attached hydrogen (secondary N) is 1. The van der Waals surface area contributed by atoms with Gasteiger partial charge in [-0.3, -0.25) is 9.59 Å². The van der Waals surface area contributed by atoms with Crippen LogP contribution in [0.3, 0.4) is 0 Å². The molecule has 1 aromatic heterocycles. The van der Waals surface area contributed by atoms with Gasteiger partial charge in [-0.25, -0.2) is 4.98 Å². The second kappa shape index (κ2) is 5.05. The fraction of sp³-hybridized carbons (Fsp3) is 0.500. The largest absolute Gasteiger partial charge is 0.369 e. The van der Waals surface area contributed by atoms with E-state index in [2.05, 4.69) is 10.3 Å². The van der Waals surface area contributed by atoms with Crippen LogP contribution in [0.4, 0.5) is 5.13 Å². The van der Waals surface area contributed by atoms with Gasteiger partial charge in [0.05, 0.1) is 15.7 Å². The van der Waals surface area contributed by atoms with Crippen LogP contribution in [0.2, 0.25) is 0 Å². The van der Waals surface area contributed by atoms with Crippen LogP contribution >= 0.6 is 23.1 Å². The molecule has 0 radical (unpaired) electrons. The van der Waals surface area contributed by atoms with Gasteiger partial charge in [-0.05, 0) is 19.8 Å². The predicted molar refractivity (Wildman–Crippen MR) is 68.1 cm³/mol. The average Bonchev–Trinajstić information content (AvgIpc) is 3.02. The molecule has 92 valence electrons. The van der Waals surface area contributed by atoms with Gasteiger partial charge in [0, 0.05) is 5.92 Å². The number of primary amides is 1. The van der Waals surface area contributed by atoms with Crippen molar-refractivity contribution in [3.05, 3.63) is 5.69 Å². The zero-order chi connectivity index (χ0) is 12.4. The number of hydrogen-bond acceptors (Lipinski definition) is 5. The highest BCUT2D eigenvalue weighted by Crippen LogP contribution is 2.34. The number of thiazole rings is 1. The minimum absolute atomic E-state index is 0.0465. The molecule has 17 heavy (non-hydrogen) atoms. The minimum atomic E-state index is -0.355. The van der Waals surface area contributed by atoms with E-state index in [1.165, 1.54) is 23.1 Å². The number of carbonyl (C=O) groups is 2. The summed E-state index contributed by atoms with van der Waals surface area (Å²) < 4.78 is 0.926. The first kappa shape index (κ1) is 12.4. The lowest BCUT2D eigenvalue weighted by Gasteiger charge is -1.97. The Morgan fingerprint density at radius 2 is 2.29 bits per heavy atom. The Hall–Kier alpha value is -1.08. The van der Waals surface area contributed by atoms with Gasteiger partial charge in [0.1, 0.15) is 0 Å². The summed E-state index contributed by atoms with van der Waals surface area (Å²) in [5.41, 5.74) is 5.91. The lowest BCUT2D eigenvalue weighted by atomic mass is 10.4. The summed E-state index contributed by atoms with van der Waals surface area (Å²) in [6, 6.07) is 0. The van der Waals surface area contributed by atoms with Gasteiger partial charge in [0.2, 0.25) is 11.8 Å². The predicted octanol–water partition coefficient (Wildman–Crippen LogP) is 1.38. The fourth-order valence-corrected chi connectivity index (χ4v) is 3.14. The third-order valence-corrected chi connectivity index (χ3v) is 4.74. The molecule has 0 aromatic carbocycles. The number of thioether (sulfide) groups is 1. The van der Waals surface area contributed by atoms with E-state index in [-0.39, 0.29) is 23.5 Å². The number of nitrogens with zero attached hydrogens (tertiary/aromatic N) is 1. The van der Waals surface area contributed by atoms with E-state index in [1.54, 1.807) is 0 Å². The highest BCUT2D eigenvalue weighted by molar-refractivity contribution is 8.01. The fourth-order valence-electron chi connectivity index (χ4n) is 1.26. The summed E-state index contributed by atoms with van der Waals surface area (Å²) in [5.74, 6) is 0.0940. The molecule has 1 heterocycles. The number of carbonyl (C=O) groups excluding carboxylic acids is 2. The normalized spacial score (nSPS) is 14.6. The summed E-state index contributed by atoms with van der Waals surface area (Å²) in [6.07, 6.45) is 1.94. The van der Waals surface area contributed by atoms with Crippen LogP contribution in [-0.4, -0.2) is 22.6 Å². The Morgan fingerprint density at radius 1 is 1.59 bits per heavy atom. The maximum absolute atomic E-state index is 11.5. The molecule has 0 atom stereocenters. The van der Waals surface area contributed by atoms with Crippen LogP contribution in [0.15, 0.2) is 4.21 Å². The van der Waals surface area contributed by atoms with Crippen LogP contribution in [0.5, 0.6) is 0 Å². The number of rotatable bonds is 5. The van der Waals surface area contributed by atoms with Crippen molar-refractivity contribution < 1.29 is 9.59 Å². The maximum Gasteiger partial charge on any atom is 0.229 e. The zero-order valence-corrected chi connectivity index (χ0v) is 11.0. The van der Waals surface area contributed by atoms with Gasteiger partial charge in [-0.15, -0.1) is 11.8 Å². The van der Waals surface area contributed by atoms with Crippen LogP contribution in [0.1, 0.15) is 18.5 Å². The van der Waals surface area contributed by atoms with Gasteiger partial charge in [0.15, 0.2) is 5.13 Å². The van der Waals surface area contributed by atoms with Crippen molar-refractivity contribution in [2.24, 2.45) is 11.7 Å². The molecule has 0 aliphatic heterocycles. The molecule has 7 heteroatoms. The molecule has 2 amide bonds. The van der Waals surface area contributed by atoms with E-state index in [9.17, 15) is 9.59 Å². The summed E-state index contributed by atoms with van der Waals surface area (Å²) in [7, 11) is 0. The van der Waals surface area contributed by atoms with Crippen molar-refractivity contribution in [2.45, 2.75) is 24.0 Å². The van der Waals surface area contributed by atoms with Crippen molar-refractivity contribution in [3.8, 4) is 0 Å². The first-order valence-electron chi connectivity index (χ1n) is 5.25. The maximum atomic E-state index is 11.5. The Kier molecular flexibility index (Phi) is 3.68. The van der Waals surface area contributed by atoms with Crippen molar-refractivity contribution in [2.75, 3.05) is 11.1 Å². The lowest BCUT2D eigenvalue weighted by Crippen LogP contribution is -2.12. The molecule has 0 saturated heterocycles. The number of aromatic nitrogens is 1. The van der Waals surface area contributed by atoms with Crippen molar-refractivity contribution in [1.29, 1.82) is 0 Å². The molecule has 0 unspecified atom stereocenters. The monoisotopic (exact) mass is 271 g/mol. The van der Waals surface area contributed by atoms with E-state index in [0.717, 1.165) is 22.7 Å². The summed E-state index contributed by atoms with van der Waals surface area (Å²) in [5, 5.41) is 3.39. The van der Waals surface area contributed by atoms with Gasteiger partial charge in [-0.1, -0.05) is 11.3 Å². The Labute approximate surface area is 107 Å². The number of amides is 2. The van der Waals surface area contributed by atoms with E-state index >= 15 is 0 Å². The number of nitrogens with two attached hydrogens (primary N) is 1. The molecular weight excluding hydrogens is 258 g/mol. The van der Waals surface area contributed by atoms with Gasteiger partial charge < -0.3 is 11.1 Å². The molecule has 2 rings (SSSR count). The molecule has 0 spiro atoms. The molecule has 1 fully saturated rings. The van der Waals surface area contributed by atoms with Gasteiger partial charge in [-0.2, -0.15) is 0 Å². The third-order valence-electron chi connectivity index (χ3n) is 2.28. The average molecular weight is 271 g/mol. The van der Waals surface area contributed by atoms with E-state index in [1.807, 2.05) is 6.92 Å². The molecule has 5 nitrogen and oxygen atoms in total. The van der Waals surface area contributed by atoms with Crippen LogP contribution < -0.4 is 11.1 Å². The third kappa shape index (κ3) is 3.44. The molecule has 1 saturated carbocycles. The summed E-state index contributed by atoms with van der Waals surface area (Å²) in [6.45, 7) is 1.85. The molecule has 1 aromatic rings. The number of anilines is 1. The highest BCUT2D eigenvalue weighted by atomic mass is 32.2. The van der Waals surface area contributed by atoms with Crippen molar-refractivity contribution in [3.63, 3.8) is 0 Å². The van der Waals surface area contributed by atoms with Crippen LogP contribution in [0.25, 0.3) is 0 Å². The van der Waals surface area contributed by atoms with Crippen LogP contribution in [-0.2, 0) is 9.59 Å². The Bertz CT molecular complexity index is 454. The number of hydrogen-bond donors (Lipinski definition) is 2. The smallest absolute Gasteiger partial charge is 0.229 e. The highest BCUT2D eigenvalue weighted by Gasteiger charge is 2.30. The molecule has 3 N–H and O–H groups in total.